The van der Waals surface area contributed by atoms with Crippen molar-refractivity contribution in [1.82, 2.24) is 25.3 Å². The van der Waals surface area contributed by atoms with E-state index in [0.29, 0.717) is 18.8 Å². The lowest BCUT2D eigenvalue weighted by Crippen LogP contribution is -2.27. The van der Waals surface area contributed by atoms with Crippen LogP contribution in [0, 0.1) is 0 Å². The van der Waals surface area contributed by atoms with E-state index in [4.69, 9.17) is 0 Å². The molecule has 3 aromatic rings. The van der Waals surface area contributed by atoms with Gasteiger partial charge in [-0.05, 0) is 25.0 Å². The minimum absolute atomic E-state index is 0.204. The second-order valence-corrected chi connectivity index (χ2v) is 6.17. The maximum Gasteiger partial charge on any atom is 0.287 e. The van der Waals surface area contributed by atoms with Crippen molar-refractivity contribution in [2.75, 3.05) is 24.5 Å². The molecule has 128 valence electrons. The summed E-state index contributed by atoms with van der Waals surface area (Å²) < 4.78 is 0. The molecule has 3 heterocycles. The summed E-state index contributed by atoms with van der Waals surface area (Å²) in [7, 11) is 0. The molecule has 0 radical (unpaired) electrons. The zero-order chi connectivity index (χ0) is 17.1. The molecule has 25 heavy (non-hydrogen) atoms. The molecule has 4 rings (SSSR count). The van der Waals surface area contributed by atoms with E-state index in [0.717, 1.165) is 35.6 Å². The Bertz CT molecular complexity index is 851. The van der Waals surface area contributed by atoms with Gasteiger partial charge in [-0.3, -0.25) is 4.79 Å². The van der Waals surface area contributed by atoms with Gasteiger partial charge in [-0.15, -0.1) is 0 Å². The van der Waals surface area contributed by atoms with E-state index in [1.54, 1.807) is 6.33 Å². The summed E-state index contributed by atoms with van der Waals surface area (Å²) in [6, 6.07) is 9.61. The average molecular weight is 336 g/mol. The first-order chi connectivity index (χ1) is 12.3. The third kappa shape index (κ3) is 3.45. The van der Waals surface area contributed by atoms with Crippen LogP contribution < -0.4 is 10.2 Å². The lowest BCUT2D eigenvalue weighted by atomic mass is 10.3. The van der Waals surface area contributed by atoms with E-state index >= 15 is 0 Å². The van der Waals surface area contributed by atoms with Gasteiger partial charge in [0.1, 0.15) is 12.1 Å². The number of hydrogen-bond acceptors (Lipinski definition) is 5. The number of rotatable bonds is 5. The summed E-state index contributed by atoms with van der Waals surface area (Å²) in [5, 5.41) is 2.89. The summed E-state index contributed by atoms with van der Waals surface area (Å²) in [6.07, 6.45) is 4.69. The van der Waals surface area contributed by atoms with Crippen molar-refractivity contribution >= 4 is 22.8 Å². The van der Waals surface area contributed by atoms with Crippen molar-refractivity contribution in [3.63, 3.8) is 0 Å². The molecule has 0 bridgehead atoms. The summed E-state index contributed by atoms with van der Waals surface area (Å²) in [5.74, 6) is 1.11. The molecular formula is C18H20N6O. The Balaban J connectivity index is 1.35. The van der Waals surface area contributed by atoms with Gasteiger partial charge in [0.25, 0.3) is 5.91 Å². The van der Waals surface area contributed by atoms with Gasteiger partial charge >= 0.3 is 0 Å². The SMILES string of the molecule is O=C(NCCc1cc(N2CCCC2)ncn1)c1nc2ccccc2[nH]1. The molecule has 2 N–H and O–H groups in total. The van der Waals surface area contributed by atoms with Crippen LogP contribution >= 0.6 is 0 Å². The molecule has 0 unspecified atom stereocenters. The summed E-state index contributed by atoms with van der Waals surface area (Å²) >= 11 is 0. The molecule has 1 aliphatic heterocycles. The quantitative estimate of drug-likeness (QED) is 0.743. The highest BCUT2D eigenvalue weighted by Crippen LogP contribution is 2.17. The van der Waals surface area contributed by atoms with Crippen molar-refractivity contribution < 1.29 is 4.79 Å². The highest BCUT2D eigenvalue weighted by molar-refractivity contribution is 5.94. The second kappa shape index (κ2) is 6.88. The number of amides is 1. The molecule has 1 saturated heterocycles. The zero-order valence-corrected chi connectivity index (χ0v) is 13.9. The highest BCUT2D eigenvalue weighted by Gasteiger charge is 2.14. The van der Waals surface area contributed by atoms with E-state index < -0.39 is 0 Å². The number of nitrogens with one attached hydrogen (secondary N) is 2. The molecule has 0 saturated carbocycles. The van der Waals surface area contributed by atoms with Crippen molar-refractivity contribution in [3.05, 3.63) is 48.2 Å². The number of nitrogens with zero attached hydrogens (tertiary/aromatic N) is 4. The number of aromatic nitrogens is 4. The molecule has 0 aliphatic carbocycles. The molecule has 1 aromatic carbocycles. The number of anilines is 1. The van der Waals surface area contributed by atoms with Gasteiger partial charge in [-0.25, -0.2) is 15.0 Å². The Morgan fingerprint density at radius 3 is 2.88 bits per heavy atom. The molecule has 0 atom stereocenters. The van der Waals surface area contributed by atoms with Crippen molar-refractivity contribution in [1.29, 1.82) is 0 Å². The fraction of sp³-hybridized carbons (Fsp3) is 0.333. The molecular weight excluding hydrogens is 316 g/mol. The van der Waals surface area contributed by atoms with Crippen LogP contribution in [0.3, 0.4) is 0 Å². The molecule has 1 aliphatic rings. The molecule has 1 amide bonds. The monoisotopic (exact) mass is 336 g/mol. The zero-order valence-electron chi connectivity index (χ0n) is 13.9. The number of H-pyrrole nitrogens is 1. The van der Waals surface area contributed by atoms with Crippen molar-refractivity contribution in [2.45, 2.75) is 19.3 Å². The number of para-hydroxylation sites is 2. The number of imidazole rings is 1. The predicted molar refractivity (Wildman–Crippen MR) is 95.6 cm³/mol. The first kappa shape index (κ1) is 15.6. The topological polar surface area (TPSA) is 86.8 Å². The lowest BCUT2D eigenvalue weighted by Gasteiger charge is -2.16. The molecule has 0 spiro atoms. The maximum absolute atomic E-state index is 12.2. The second-order valence-electron chi connectivity index (χ2n) is 6.17. The van der Waals surface area contributed by atoms with Crippen molar-refractivity contribution in [2.24, 2.45) is 0 Å². The van der Waals surface area contributed by atoms with Crippen LogP contribution in [0.25, 0.3) is 11.0 Å². The molecule has 1 fully saturated rings. The van der Waals surface area contributed by atoms with Gasteiger partial charge < -0.3 is 15.2 Å². The van der Waals surface area contributed by atoms with E-state index in [1.807, 2.05) is 30.3 Å². The number of benzene rings is 1. The van der Waals surface area contributed by atoms with Gasteiger partial charge in [0.15, 0.2) is 5.82 Å². The number of fused-ring (bicyclic) bond motifs is 1. The van der Waals surface area contributed by atoms with Crippen LogP contribution in [-0.2, 0) is 6.42 Å². The Kier molecular flexibility index (Phi) is 4.28. The summed E-state index contributed by atoms with van der Waals surface area (Å²) in [5.41, 5.74) is 2.58. The standard InChI is InChI=1S/C18H20N6O/c25-18(17-22-14-5-1-2-6-15(14)23-17)19-8-7-13-11-16(21-12-20-13)24-9-3-4-10-24/h1-2,5-6,11-12H,3-4,7-10H2,(H,19,25)(H,22,23). The van der Waals surface area contributed by atoms with E-state index in [-0.39, 0.29) is 5.91 Å². The van der Waals surface area contributed by atoms with E-state index in [9.17, 15) is 4.79 Å². The molecule has 7 heteroatoms. The van der Waals surface area contributed by atoms with Gasteiger partial charge in [-0.2, -0.15) is 0 Å². The minimum Gasteiger partial charge on any atom is -0.357 e. The van der Waals surface area contributed by atoms with Crippen LogP contribution in [0.5, 0.6) is 0 Å². The fourth-order valence-corrected chi connectivity index (χ4v) is 3.09. The summed E-state index contributed by atoms with van der Waals surface area (Å²) in [6.45, 7) is 2.62. The van der Waals surface area contributed by atoms with E-state index in [2.05, 4.69) is 30.2 Å². The Morgan fingerprint density at radius 2 is 2.04 bits per heavy atom. The average Bonchev–Trinajstić information content (AvgIpc) is 3.31. The third-order valence-electron chi connectivity index (χ3n) is 4.41. The normalized spacial score (nSPS) is 14.2. The van der Waals surface area contributed by atoms with Crippen LogP contribution in [0.15, 0.2) is 36.7 Å². The van der Waals surface area contributed by atoms with E-state index in [1.165, 1.54) is 12.8 Å². The first-order valence-corrected chi connectivity index (χ1v) is 8.58. The Morgan fingerprint density at radius 1 is 1.20 bits per heavy atom. The van der Waals surface area contributed by atoms with Gasteiger partial charge in [0, 0.05) is 37.8 Å². The number of carbonyl (C=O) groups is 1. The van der Waals surface area contributed by atoms with Crippen LogP contribution in [0.1, 0.15) is 29.2 Å². The largest absolute Gasteiger partial charge is 0.357 e. The van der Waals surface area contributed by atoms with Crippen LogP contribution in [0.2, 0.25) is 0 Å². The first-order valence-electron chi connectivity index (χ1n) is 8.58. The van der Waals surface area contributed by atoms with Crippen molar-refractivity contribution in [3.8, 4) is 0 Å². The molecule has 2 aromatic heterocycles. The number of hydrogen-bond donors (Lipinski definition) is 2. The summed E-state index contributed by atoms with van der Waals surface area (Å²) in [4.78, 5) is 30.5. The van der Waals surface area contributed by atoms with Crippen LogP contribution in [0.4, 0.5) is 5.82 Å². The maximum atomic E-state index is 12.2. The van der Waals surface area contributed by atoms with Gasteiger partial charge in [-0.1, -0.05) is 12.1 Å². The Labute approximate surface area is 145 Å². The smallest absolute Gasteiger partial charge is 0.287 e. The number of aromatic amines is 1. The van der Waals surface area contributed by atoms with Crippen LogP contribution in [-0.4, -0.2) is 45.5 Å². The van der Waals surface area contributed by atoms with Gasteiger partial charge in [0.2, 0.25) is 0 Å². The highest BCUT2D eigenvalue weighted by atomic mass is 16.2. The Hall–Kier alpha value is -2.96. The lowest BCUT2D eigenvalue weighted by molar-refractivity contribution is 0.0945. The minimum atomic E-state index is -0.204. The fourth-order valence-electron chi connectivity index (χ4n) is 3.09. The molecule has 7 nitrogen and oxygen atoms in total. The predicted octanol–water partition coefficient (Wildman–Crippen LogP) is 1.93. The third-order valence-corrected chi connectivity index (χ3v) is 4.41. The van der Waals surface area contributed by atoms with Gasteiger partial charge in [0.05, 0.1) is 11.0 Å². The number of carbonyl (C=O) groups excluding carboxylic acids is 1.